The number of carbonyl (C=O) groups is 2. The first-order chi connectivity index (χ1) is 7.59. The molecule has 2 amide bonds. The second kappa shape index (κ2) is 6.60. The van der Waals surface area contributed by atoms with Gasteiger partial charge >= 0.3 is 0 Å². The Labute approximate surface area is 95.9 Å². The van der Waals surface area contributed by atoms with Crippen LogP contribution in [0.1, 0.15) is 26.7 Å². The highest BCUT2D eigenvalue weighted by molar-refractivity contribution is 6.05. The SMILES string of the molecule is CC(C)CCOCCNC1CC(=O)NC1=O. The molecular weight excluding hydrogens is 208 g/mol. The van der Waals surface area contributed by atoms with Crippen LogP contribution >= 0.6 is 0 Å². The molecule has 1 rings (SSSR count). The van der Waals surface area contributed by atoms with Gasteiger partial charge in [0.1, 0.15) is 0 Å². The van der Waals surface area contributed by atoms with Crippen molar-refractivity contribution in [1.29, 1.82) is 0 Å². The normalized spacial score (nSPS) is 20.6. The van der Waals surface area contributed by atoms with E-state index in [0.29, 0.717) is 19.1 Å². The van der Waals surface area contributed by atoms with E-state index in [9.17, 15) is 9.59 Å². The molecule has 5 heteroatoms. The molecule has 0 aromatic heterocycles. The summed E-state index contributed by atoms with van der Waals surface area (Å²) < 4.78 is 5.39. The lowest BCUT2D eigenvalue weighted by Gasteiger charge is -2.10. The summed E-state index contributed by atoms with van der Waals surface area (Å²) in [5.74, 6) is 0.210. The van der Waals surface area contributed by atoms with Crippen molar-refractivity contribution < 1.29 is 14.3 Å². The lowest BCUT2D eigenvalue weighted by atomic mass is 10.1. The van der Waals surface area contributed by atoms with Gasteiger partial charge in [-0.2, -0.15) is 0 Å². The number of nitrogens with one attached hydrogen (secondary N) is 2. The van der Waals surface area contributed by atoms with Gasteiger partial charge in [0.15, 0.2) is 0 Å². The van der Waals surface area contributed by atoms with Crippen LogP contribution in [0.5, 0.6) is 0 Å². The topological polar surface area (TPSA) is 67.4 Å². The minimum Gasteiger partial charge on any atom is -0.380 e. The molecule has 5 nitrogen and oxygen atoms in total. The maximum atomic E-state index is 11.2. The van der Waals surface area contributed by atoms with Crippen LogP contribution < -0.4 is 10.6 Å². The Morgan fingerprint density at radius 3 is 2.75 bits per heavy atom. The summed E-state index contributed by atoms with van der Waals surface area (Å²) in [6.45, 7) is 6.22. The van der Waals surface area contributed by atoms with Crippen molar-refractivity contribution in [3.63, 3.8) is 0 Å². The molecule has 0 aromatic carbocycles. The van der Waals surface area contributed by atoms with Crippen molar-refractivity contribution >= 4 is 11.8 Å². The fourth-order valence-electron chi connectivity index (χ4n) is 1.44. The van der Waals surface area contributed by atoms with Crippen LogP contribution in [0.2, 0.25) is 0 Å². The fourth-order valence-corrected chi connectivity index (χ4v) is 1.44. The Balaban J connectivity index is 1.99. The summed E-state index contributed by atoms with van der Waals surface area (Å²) in [6, 6.07) is -0.374. The van der Waals surface area contributed by atoms with Gasteiger partial charge in [-0.3, -0.25) is 14.9 Å². The predicted molar refractivity (Wildman–Crippen MR) is 59.8 cm³/mol. The van der Waals surface area contributed by atoms with Crippen LogP contribution in [-0.2, 0) is 14.3 Å². The van der Waals surface area contributed by atoms with E-state index in [4.69, 9.17) is 4.74 Å². The van der Waals surface area contributed by atoms with Crippen LogP contribution in [0.4, 0.5) is 0 Å². The highest BCUT2D eigenvalue weighted by Gasteiger charge is 2.29. The van der Waals surface area contributed by atoms with Gasteiger partial charge in [-0.25, -0.2) is 0 Å². The van der Waals surface area contributed by atoms with Gasteiger partial charge in [-0.05, 0) is 12.3 Å². The lowest BCUT2D eigenvalue weighted by molar-refractivity contribution is -0.125. The largest absolute Gasteiger partial charge is 0.380 e. The molecule has 1 aliphatic rings. The quantitative estimate of drug-likeness (QED) is 0.477. The highest BCUT2D eigenvalue weighted by atomic mass is 16.5. The van der Waals surface area contributed by atoms with Gasteiger partial charge in [0, 0.05) is 13.2 Å². The third kappa shape index (κ3) is 4.72. The fraction of sp³-hybridized carbons (Fsp3) is 0.818. The number of hydrogen-bond acceptors (Lipinski definition) is 4. The molecule has 0 saturated carbocycles. The van der Waals surface area contributed by atoms with Crippen LogP contribution in [-0.4, -0.2) is 37.6 Å². The number of ether oxygens (including phenoxy) is 1. The van der Waals surface area contributed by atoms with E-state index in [2.05, 4.69) is 24.5 Å². The van der Waals surface area contributed by atoms with E-state index in [1.165, 1.54) is 0 Å². The van der Waals surface area contributed by atoms with E-state index >= 15 is 0 Å². The van der Waals surface area contributed by atoms with E-state index in [1.54, 1.807) is 0 Å². The summed E-state index contributed by atoms with van der Waals surface area (Å²) in [5, 5.41) is 5.24. The van der Waals surface area contributed by atoms with Crippen LogP contribution in [0.15, 0.2) is 0 Å². The second-order valence-electron chi connectivity index (χ2n) is 4.42. The monoisotopic (exact) mass is 228 g/mol. The van der Waals surface area contributed by atoms with Crippen molar-refractivity contribution in [3.8, 4) is 0 Å². The third-order valence-corrected chi connectivity index (χ3v) is 2.45. The third-order valence-electron chi connectivity index (χ3n) is 2.45. The second-order valence-corrected chi connectivity index (χ2v) is 4.42. The number of carbonyl (C=O) groups excluding carboxylic acids is 2. The summed E-state index contributed by atoms with van der Waals surface area (Å²) in [6.07, 6.45) is 1.28. The molecule has 16 heavy (non-hydrogen) atoms. The molecule has 1 unspecified atom stereocenters. The minimum atomic E-state index is -0.374. The maximum Gasteiger partial charge on any atom is 0.244 e. The first-order valence-electron chi connectivity index (χ1n) is 5.74. The number of rotatable bonds is 7. The van der Waals surface area contributed by atoms with Crippen LogP contribution in [0.25, 0.3) is 0 Å². The Morgan fingerprint density at radius 2 is 2.19 bits per heavy atom. The number of hydrogen-bond donors (Lipinski definition) is 2. The maximum absolute atomic E-state index is 11.2. The smallest absolute Gasteiger partial charge is 0.244 e. The van der Waals surface area contributed by atoms with Gasteiger partial charge in [-0.1, -0.05) is 13.8 Å². The molecule has 92 valence electrons. The van der Waals surface area contributed by atoms with Crippen molar-refractivity contribution in [2.75, 3.05) is 19.8 Å². The molecule has 1 fully saturated rings. The van der Waals surface area contributed by atoms with Gasteiger partial charge in [0.25, 0.3) is 0 Å². The van der Waals surface area contributed by atoms with Crippen LogP contribution in [0.3, 0.4) is 0 Å². The van der Waals surface area contributed by atoms with Crippen molar-refractivity contribution in [2.45, 2.75) is 32.7 Å². The van der Waals surface area contributed by atoms with E-state index < -0.39 is 0 Å². The summed E-state index contributed by atoms with van der Waals surface area (Å²) in [4.78, 5) is 22.0. The first-order valence-corrected chi connectivity index (χ1v) is 5.74. The average Bonchev–Trinajstić information content (AvgIpc) is 2.50. The molecule has 1 heterocycles. The van der Waals surface area contributed by atoms with Gasteiger partial charge in [0.2, 0.25) is 11.8 Å². The van der Waals surface area contributed by atoms with Crippen molar-refractivity contribution in [2.24, 2.45) is 5.92 Å². The minimum absolute atomic E-state index is 0.205. The van der Waals surface area contributed by atoms with Crippen LogP contribution in [0, 0.1) is 5.92 Å². The Morgan fingerprint density at radius 1 is 1.44 bits per heavy atom. The average molecular weight is 228 g/mol. The summed E-state index contributed by atoms with van der Waals surface area (Å²) in [7, 11) is 0. The highest BCUT2D eigenvalue weighted by Crippen LogP contribution is 2.01. The molecular formula is C11H20N2O3. The Hall–Kier alpha value is -0.940. The van der Waals surface area contributed by atoms with Gasteiger partial charge in [0.05, 0.1) is 19.1 Å². The Bertz CT molecular complexity index is 254. The molecule has 1 aliphatic heterocycles. The number of imide groups is 1. The van der Waals surface area contributed by atoms with Gasteiger partial charge < -0.3 is 10.1 Å². The zero-order valence-corrected chi connectivity index (χ0v) is 9.91. The predicted octanol–water partition coefficient (Wildman–Crippen LogP) is 0.0538. The molecule has 0 aromatic rings. The van der Waals surface area contributed by atoms with Crippen molar-refractivity contribution in [3.05, 3.63) is 0 Å². The van der Waals surface area contributed by atoms with E-state index in [0.717, 1.165) is 13.0 Å². The molecule has 1 atom stereocenters. The molecule has 2 N–H and O–H groups in total. The van der Waals surface area contributed by atoms with Crippen molar-refractivity contribution in [1.82, 2.24) is 10.6 Å². The standard InChI is InChI=1S/C11H20N2O3/c1-8(2)3-5-16-6-4-12-9-7-10(14)13-11(9)15/h8-9,12H,3-7H2,1-2H3,(H,13,14,15). The summed E-state index contributed by atoms with van der Waals surface area (Å²) in [5.41, 5.74) is 0. The number of amides is 2. The lowest BCUT2D eigenvalue weighted by Crippen LogP contribution is -2.38. The van der Waals surface area contributed by atoms with E-state index in [-0.39, 0.29) is 24.3 Å². The zero-order valence-electron chi connectivity index (χ0n) is 9.91. The molecule has 0 radical (unpaired) electrons. The molecule has 1 saturated heterocycles. The summed E-state index contributed by atoms with van der Waals surface area (Å²) >= 11 is 0. The molecule has 0 aliphatic carbocycles. The molecule has 0 bridgehead atoms. The van der Waals surface area contributed by atoms with E-state index in [1.807, 2.05) is 0 Å². The molecule has 0 spiro atoms. The first kappa shape index (κ1) is 13.1. The Kier molecular flexibility index (Phi) is 5.42. The van der Waals surface area contributed by atoms with Gasteiger partial charge in [-0.15, -0.1) is 0 Å². The zero-order chi connectivity index (χ0) is 12.0.